The van der Waals surface area contributed by atoms with Crippen LogP contribution in [0.15, 0.2) is 30.3 Å². The van der Waals surface area contributed by atoms with Crippen molar-refractivity contribution in [3.8, 4) is 0 Å². The molecule has 0 fully saturated rings. The molecule has 0 aliphatic rings. The summed E-state index contributed by atoms with van der Waals surface area (Å²) in [6, 6.07) is 7.11. The van der Waals surface area contributed by atoms with E-state index in [0.29, 0.717) is 0 Å². The summed E-state index contributed by atoms with van der Waals surface area (Å²) < 4.78 is 15.2. The number of amides is 2. The van der Waals surface area contributed by atoms with Gasteiger partial charge in [0.1, 0.15) is 12.2 Å². The van der Waals surface area contributed by atoms with E-state index >= 15 is 0 Å². The number of hydrogen-bond acceptors (Lipinski definition) is 7. The zero-order valence-electron chi connectivity index (χ0n) is 17.3. The van der Waals surface area contributed by atoms with Crippen molar-refractivity contribution >= 4 is 18.2 Å². The number of carbonyl (C=O) groups excluding carboxylic acids is 3. The van der Waals surface area contributed by atoms with Gasteiger partial charge in [-0.05, 0) is 33.3 Å². The van der Waals surface area contributed by atoms with Crippen molar-refractivity contribution in [1.29, 1.82) is 0 Å². The number of benzene rings is 1. The molecule has 0 heterocycles. The third kappa shape index (κ3) is 10.3. The van der Waals surface area contributed by atoms with Crippen LogP contribution in [0.5, 0.6) is 0 Å². The number of aliphatic hydroxyl groups is 1. The van der Waals surface area contributed by atoms with Crippen LogP contribution in [0, 0.1) is 0 Å². The van der Waals surface area contributed by atoms with E-state index in [1.54, 1.807) is 39.8 Å². The molecule has 1 aromatic carbocycles. The smallest absolute Gasteiger partial charge is 0.408 e. The van der Waals surface area contributed by atoms with Gasteiger partial charge in [-0.3, -0.25) is 4.79 Å². The molecule has 0 aliphatic carbocycles. The molecule has 29 heavy (non-hydrogen) atoms. The van der Waals surface area contributed by atoms with Crippen LogP contribution in [0.2, 0.25) is 0 Å². The van der Waals surface area contributed by atoms with E-state index in [0.717, 1.165) is 5.56 Å². The third-order valence-electron chi connectivity index (χ3n) is 3.59. The Morgan fingerprint density at radius 3 is 2.17 bits per heavy atom. The summed E-state index contributed by atoms with van der Waals surface area (Å²) in [6.07, 6.45) is -1.85. The van der Waals surface area contributed by atoms with Crippen molar-refractivity contribution in [2.24, 2.45) is 0 Å². The first-order valence-corrected chi connectivity index (χ1v) is 9.37. The van der Waals surface area contributed by atoms with E-state index in [1.165, 1.54) is 0 Å². The van der Waals surface area contributed by atoms with Crippen LogP contribution in [0.1, 0.15) is 39.7 Å². The standard InChI is InChI=1S/C20H30N2O7/c1-5-27-17(24)11-15(16(12-23)22-19(26)29-20(2,3)4)21-18(25)28-13-14-9-7-6-8-10-14/h6-10,15-16,23H,5,11-13H2,1-4H3,(H,21,25)(H,22,26)/t15-,16+/m0/s1. The molecule has 0 aromatic heterocycles. The molecule has 2 amide bonds. The molecule has 0 aliphatic heterocycles. The molecular weight excluding hydrogens is 380 g/mol. The second-order valence-electron chi connectivity index (χ2n) is 7.26. The summed E-state index contributed by atoms with van der Waals surface area (Å²) in [7, 11) is 0. The van der Waals surface area contributed by atoms with Crippen LogP contribution < -0.4 is 10.6 Å². The second kappa shape index (κ2) is 11.9. The highest BCUT2D eigenvalue weighted by atomic mass is 16.6. The first-order chi connectivity index (χ1) is 13.6. The van der Waals surface area contributed by atoms with Crippen LogP contribution in [0.25, 0.3) is 0 Å². The Balaban J connectivity index is 2.77. The summed E-state index contributed by atoms with van der Waals surface area (Å²) in [6.45, 7) is 6.37. The summed E-state index contributed by atoms with van der Waals surface area (Å²) >= 11 is 0. The molecule has 0 bridgehead atoms. The molecule has 0 saturated carbocycles. The molecule has 0 spiro atoms. The lowest BCUT2D eigenvalue weighted by Gasteiger charge is -2.28. The number of alkyl carbamates (subject to hydrolysis) is 2. The average molecular weight is 410 g/mol. The van der Waals surface area contributed by atoms with Crippen molar-refractivity contribution in [3.63, 3.8) is 0 Å². The maximum atomic E-state index is 12.2. The third-order valence-corrected chi connectivity index (χ3v) is 3.59. The lowest BCUT2D eigenvalue weighted by molar-refractivity contribution is -0.143. The predicted molar refractivity (Wildman–Crippen MR) is 105 cm³/mol. The van der Waals surface area contributed by atoms with Gasteiger partial charge < -0.3 is 30.0 Å². The number of hydrogen-bond donors (Lipinski definition) is 3. The lowest BCUT2D eigenvalue weighted by atomic mass is 10.1. The Morgan fingerprint density at radius 2 is 1.62 bits per heavy atom. The van der Waals surface area contributed by atoms with E-state index < -0.39 is 42.4 Å². The summed E-state index contributed by atoms with van der Waals surface area (Å²) in [4.78, 5) is 36.1. The Kier molecular flexibility index (Phi) is 9.94. The molecule has 162 valence electrons. The first-order valence-electron chi connectivity index (χ1n) is 9.37. The Hall–Kier alpha value is -2.81. The lowest BCUT2D eigenvalue weighted by Crippen LogP contribution is -2.55. The average Bonchev–Trinajstić information content (AvgIpc) is 2.63. The minimum atomic E-state index is -0.987. The molecular formula is C20H30N2O7. The van der Waals surface area contributed by atoms with Crippen LogP contribution in [0.4, 0.5) is 9.59 Å². The molecule has 2 atom stereocenters. The fraction of sp³-hybridized carbons (Fsp3) is 0.550. The first kappa shape index (κ1) is 24.2. The van der Waals surface area contributed by atoms with E-state index in [4.69, 9.17) is 14.2 Å². The quantitative estimate of drug-likeness (QED) is 0.421. The van der Waals surface area contributed by atoms with Crippen LogP contribution in [-0.4, -0.2) is 54.2 Å². The zero-order chi connectivity index (χ0) is 21.9. The largest absolute Gasteiger partial charge is 0.466 e. The molecule has 3 N–H and O–H groups in total. The van der Waals surface area contributed by atoms with Gasteiger partial charge in [-0.25, -0.2) is 9.59 Å². The van der Waals surface area contributed by atoms with Crippen LogP contribution in [0.3, 0.4) is 0 Å². The monoisotopic (exact) mass is 410 g/mol. The molecule has 1 aromatic rings. The fourth-order valence-electron chi connectivity index (χ4n) is 2.34. The Labute approximate surface area is 170 Å². The Bertz CT molecular complexity index is 659. The molecule has 0 saturated heterocycles. The summed E-state index contributed by atoms with van der Waals surface area (Å²) in [5, 5.41) is 14.7. The highest BCUT2D eigenvalue weighted by Gasteiger charge is 2.29. The van der Waals surface area contributed by atoms with Gasteiger partial charge in [0.05, 0.1) is 31.7 Å². The number of nitrogens with one attached hydrogen (secondary N) is 2. The van der Waals surface area contributed by atoms with Gasteiger partial charge in [0.2, 0.25) is 0 Å². The highest BCUT2D eigenvalue weighted by Crippen LogP contribution is 2.09. The van der Waals surface area contributed by atoms with Crippen molar-refractivity contribution in [2.75, 3.05) is 13.2 Å². The molecule has 0 radical (unpaired) electrons. The molecule has 0 unspecified atom stereocenters. The minimum absolute atomic E-state index is 0.0298. The van der Waals surface area contributed by atoms with Gasteiger partial charge in [-0.2, -0.15) is 0 Å². The maximum absolute atomic E-state index is 12.2. The van der Waals surface area contributed by atoms with Gasteiger partial charge in [-0.15, -0.1) is 0 Å². The van der Waals surface area contributed by atoms with Gasteiger partial charge in [0.15, 0.2) is 0 Å². The van der Waals surface area contributed by atoms with E-state index in [-0.39, 0.29) is 19.6 Å². The molecule has 9 heteroatoms. The molecule has 9 nitrogen and oxygen atoms in total. The van der Waals surface area contributed by atoms with Gasteiger partial charge in [-0.1, -0.05) is 30.3 Å². The van der Waals surface area contributed by atoms with Gasteiger partial charge in [0.25, 0.3) is 0 Å². The zero-order valence-corrected chi connectivity index (χ0v) is 17.3. The predicted octanol–water partition coefficient (Wildman–Crippen LogP) is 2.12. The topological polar surface area (TPSA) is 123 Å². The van der Waals surface area contributed by atoms with Crippen molar-refractivity contribution in [3.05, 3.63) is 35.9 Å². The number of ether oxygens (including phenoxy) is 3. The number of esters is 1. The SMILES string of the molecule is CCOC(=O)C[C@H](NC(=O)OCc1ccccc1)[C@@H](CO)NC(=O)OC(C)(C)C. The molecule has 1 rings (SSSR count). The van der Waals surface area contributed by atoms with Crippen molar-refractivity contribution in [2.45, 2.75) is 58.4 Å². The second-order valence-corrected chi connectivity index (χ2v) is 7.26. The fourth-order valence-corrected chi connectivity index (χ4v) is 2.34. The van der Waals surface area contributed by atoms with Gasteiger partial charge >= 0.3 is 18.2 Å². The number of rotatable bonds is 9. The minimum Gasteiger partial charge on any atom is -0.466 e. The van der Waals surface area contributed by atoms with Crippen LogP contribution >= 0.6 is 0 Å². The normalized spacial score (nSPS) is 13.0. The summed E-state index contributed by atoms with van der Waals surface area (Å²) in [5.41, 5.74) is 0.0400. The van der Waals surface area contributed by atoms with Crippen molar-refractivity contribution < 1.29 is 33.7 Å². The van der Waals surface area contributed by atoms with E-state index in [2.05, 4.69) is 10.6 Å². The Morgan fingerprint density at radius 1 is 1.00 bits per heavy atom. The maximum Gasteiger partial charge on any atom is 0.408 e. The van der Waals surface area contributed by atoms with E-state index in [9.17, 15) is 19.5 Å². The number of aliphatic hydroxyl groups excluding tert-OH is 1. The van der Waals surface area contributed by atoms with E-state index in [1.807, 2.05) is 18.2 Å². The van der Waals surface area contributed by atoms with Gasteiger partial charge in [0, 0.05) is 0 Å². The number of carbonyl (C=O) groups is 3. The summed E-state index contributed by atoms with van der Waals surface area (Å²) in [5.74, 6) is -0.592. The highest BCUT2D eigenvalue weighted by molar-refractivity contribution is 5.74. The van der Waals surface area contributed by atoms with Crippen molar-refractivity contribution in [1.82, 2.24) is 10.6 Å². The van der Waals surface area contributed by atoms with Crippen LogP contribution in [-0.2, 0) is 25.6 Å².